The van der Waals surface area contributed by atoms with Crippen molar-refractivity contribution in [1.82, 2.24) is 10.2 Å². The minimum absolute atomic E-state index is 0.0801. The monoisotopic (exact) mass is 318 g/mol. The van der Waals surface area contributed by atoms with Crippen molar-refractivity contribution in [3.8, 4) is 0 Å². The summed E-state index contributed by atoms with van der Waals surface area (Å²) in [5.41, 5.74) is 1.94. The fourth-order valence-corrected chi connectivity index (χ4v) is 3.39. The highest BCUT2D eigenvalue weighted by Crippen LogP contribution is 2.23. The molecule has 0 bridgehead atoms. The second-order valence-electron chi connectivity index (χ2n) is 5.74. The van der Waals surface area contributed by atoms with Crippen molar-refractivity contribution in [1.29, 1.82) is 0 Å². The Balaban J connectivity index is 2.03. The molecule has 1 N–H and O–H groups in total. The molecule has 0 aromatic heterocycles. The van der Waals surface area contributed by atoms with Crippen LogP contribution in [0.2, 0.25) is 0 Å². The molecule has 0 aliphatic carbocycles. The number of rotatable bonds is 5. The SMILES string of the molecule is CC(C)=CCSc1ccccc1C(=O)NC1CC(=O)N(C)C1. The summed E-state index contributed by atoms with van der Waals surface area (Å²) in [4.78, 5) is 26.6. The van der Waals surface area contributed by atoms with Crippen LogP contribution in [0.1, 0.15) is 30.6 Å². The minimum Gasteiger partial charge on any atom is -0.347 e. The van der Waals surface area contributed by atoms with Crippen molar-refractivity contribution >= 4 is 23.6 Å². The summed E-state index contributed by atoms with van der Waals surface area (Å²) in [5, 5.41) is 2.97. The van der Waals surface area contributed by atoms with Gasteiger partial charge in [0.2, 0.25) is 5.91 Å². The average Bonchev–Trinajstić information content (AvgIpc) is 2.77. The van der Waals surface area contributed by atoms with Crippen LogP contribution in [0, 0.1) is 0 Å². The van der Waals surface area contributed by atoms with E-state index in [4.69, 9.17) is 0 Å². The summed E-state index contributed by atoms with van der Waals surface area (Å²) in [6.45, 7) is 4.71. The predicted molar refractivity (Wildman–Crippen MR) is 90.1 cm³/mol. The van der Waals surface area contributed by atoms with Crippen LogP contribution in [-0.4, -0.2) is 42.1 Å². The Morgan fingerprint density at radius 2 is 2.14 bits per heavy atom. The van der Waals surface area contributed by atoms with Gasteiger partial charge in [-0.3, -0.25) is 9.59 Å². The third-order valence-electron chi connectivity index (χ3n) is 3.54. The Kier molecular flexibility index (Phi) is 5.66. The van der Waals surface area contributed by atoms with Crippen LogP contribution in [0.4, 0.5) is 0 Å². The first-order chi connectivity index (χ1) is 10.5. The van der Waals surface area contributed by atoms with E-state index in [1.807, 2.05) is 24.3 Å². The summed E-state index contributed by atoms with van der Waals surface area (Å²) in [6, 6.07) is 7.51. The van der Waals surface area contributed by atoms with E-state index in [1.165, 1.54) is 5.57 Å². The highest BCUT2D eigenvalue weighted by Gasteiger charge is 2.28. The molecular weight excluding hydrogens is 296 g/mol. The normalized spacial score (nSPS) is 17.5. The first kappa shape index (κ1) is 16.6. The van der Waals surface area contributed by atoms with Gasteiger partial charge in [0.15, 0.2) is 0 Å². The Bertz CT molecular complexity index is 594. The Labute approximate surface area is 136 Å². The molecule has 1 unspecified atom stereocenters. The topological polar surface area (TPSA) is 49.4 Å². The van der Waals surface area contributed by atoms with E-state index < -0.39 is 0 Å². The second kappa shape index (κ2) is 7.49. The van der Waals surface area contributed by atoms with Gasteiger partial charge in [-0.2, -0.15) is 0 Å². The van der Waals surface area contributed by atoms with Crippen LogP contribution in [0.5, 0.6) is 0 Å². The average molecular weight is 318 g/mol. The zero-order valence-corrected chi connectivity index (χ0v) is 14.1. The van der Waals surface area contributed by atoms with Crippen LogP contribution in [-0.2, 0) is 4.79 Å². The number of benzene rings is 1. The number of nitrogens with zero attached hydrogens (tertiary/aromatic N) is 1. The number of carbonyl (C=O) groups is 2. The van der Waals surface area contributed by atoms with Crippen LogP contribution in [0.15, 0.2) is 40.8 Å². The third kappa shape index (κ3) is 4.37. The van der Waals surface area contributed by atoms with Crippen molar-refractivity contribution in [3.63, 3.8) is 0 Å². The molecule has 1 atom stereocenters. The van der Waals surface area contributed by atoms with Gasteiger partial charge in [0.05, 0.1) is 11.6 Å². The van der Waals surface area contributed by atoms with Gasteiger partial charge < -0.3 is 10.2 Å². The molecule has 22 heavy (non-hydrogen) atoms. The molecular formula is C17H22N2O2S. The van der Waals surface area contributed by atoms with E-state index in [1.54, 1.807) is 23.7 Å². The van der Waals surface area contributed by atoms with E-state index in [9.17, 15) is 9.59 Å². The molecule has 0 saturated carbocycles. The maximum atomic E-state index is 12.5. The fourth-order valence-electron chi connectivity index (χ4n) is 2.30. The van der Waals surface area contributed by atoms with Crippen LogP contribution in [0.25, 0.3) is 0 Å². The molecule has 1 aromatic carbocycles. The number of allylic oxidation sites excluding steroid dienone is 1. The zero-order valence-electron chi connectivity index (χ0n) is 13.3. The van der Waals surface area contributed by atoms with E-state index in [0.717, 1.165) is 10.6 Å². The molecule has 118 valence electrons. The Morgan fingerprint density at radius 1 is 1.41 bits per heavy atom. The molecule has 1 aliphatic rings. The van der Waals surface area contributed by atoms with Crippen LogP contribution < -0.4 is 5.32 Å². The summed E-state index contributed by atoms with van der Waals surface area (Å²) < 4.78 is 0. The smallest absolute Gasteiger partial charge is 0.252 e. The molecule has 2 amide bonds. The summed E-state index contributed by atoms with van der Waals surface area (Å²) in [7, 11) is 1.76. The van der Waals surface area contributed by atoms with E-state index in [0.29, 0.717) is 18.5 Å². The zero-order chi connectivity index (χ0) is 16.1. The lowest BCUT2D eigenvalue weighted by molar-refractivity contribution is -0.126. The number of hydrogen-bond acceptors (Lipinski definition) is 3. The lowest BCUT2D eigenvalue weighted by atomic mass is 10.2. The predicted octanol–water partition coefficient (Wildman–Crippen LogP) is 2.71. The van der Waals surface area contributed by atoms with Gasteiger partial charge in [-0.05, 0) is 26.0 Å². The van der Waals surface area contributed by atoms with Gasteiger partial charge in [-0.25, -0.2) is 0 Å². The van der Waals surface area contributed by atoms with Crippen molar-refractivity contribution < 1.29 is 9.59 Å². The minimum atomic E-state index is -0.103. The van der Waals surface area contributed by atoms with Crippen molar-refractivity contribution in [2.24, 2.45) is 0 Å². The standard InChI is InChI=1S/C17H22N2O2S/c1-12(2)8-9-22-15-7-5-4-6-14(15)17(21)18-13-10-16(20)19(3)11-13/h4-8,13H,9-11H2,1-3H3,(H,18,21). The number of thioether (sulfide) groups is 1. The fraction of sp³-hybridized carbons (Fsp3) is 0.412. The molecule has 4 nitrogen and oxygen atoms in total. The molecule has 0 radical (unpaired) electrons. The maximum absolute atomic E-state index is 12.5. The maximum Gasteiger partial charge on any atom is 0.252 e. The summed E-state index contributed by atoms with van der Waals surface area (Å²) in [6.07, 6.45) is 2.53. The van der Waals surface area contributed by atoms with Gasteiger partial charge in [-0.1, -0.05) is 23.8 Å². The number of likely N-dealkylation sites (N-methyl/N-ethyl adjacent to an activating group) is 1. The highest BCUT2D eigenvalue weighted by molar-refractivity contribution is 7.99. The lowest BCUT2D eigenvalue weighted by Gasteiger charge is -2.14. The first-order valence-electron chi connectivity index (χ1n) is 7.37. The molecule has 1 saturated heterocycles. The molecule has 1 aromatic rings. The lowest BCUT2D eigenvalue weighted by Crippen LogP contribution is -2.36. The van der Waals surface area contributed by atoms with Gasteiger partial charge in [0.25, 0.3) is 5.91 Å². The van der Waals surface area contributed by atoms with Crippen molar-refractivity contribution in [2.75, 3.05) is 19.3 Å². The molecule has 1 aliphatic heterocycles. The number of carbonyl (C=O) groups excluding carboxylic acids is 2. The van der Waals surface area contributed by atoms with Crippen molar-refractivity contribution in [2.45, 2.75) is 31.2 Å². The first-order valence-corrected chi connectivity index (χ1v) is 8.36. The summed E-state index contributed by atoms with van der Waals surface area (Å²) >= 11 is 1.65. The third-order valence-corrected chi connectivity index (χ3v) is 4.54. The van der Waals surface area contributed by atoms with E-state index in [2.05, 4.69) is 25.2 Å². The molecule has 2 rings (SSSR count). The van der Waals surface area contributed by atoms with Gasteiger partial charge in [0, 0.05) is 30.7 Å². The van der Waals surface area contributed by atoms with Gasteiger partial charge >= 0.3 is 0 Å². The second-order valence-corrected chi connectivity index (χ2v) is 6.80. The van der Waals surface area contributed by atoms with Crippen molar-refractivity contribution in [3.05, 3.63) is 41.5 Å². The molecule has 1 heterocycles. The Morgan fingerprint density at radius 3 is 2.77 bits per heavy atom. The number of amides is 2. The van der Waals surface area contributed by atoms with Gasteiger partial charge in [-0.15, -0.1) is 11.8 Å². The highest BCUT2D eigenvalue weighted by atomic mass is 32.2. The molecule has 1 fully saturated rings. The number of nitrogens with one attached hydrogen (secondary N) is 1. The Hall–Kier alpha value is -1.75. The largest absolute Gasteiger partial charge is 0.347 e. The van der Waals surface area contributed by atoms with E-state index in [-0.39, 0.29) is 17.9 Å². The molecule has 0 spiro atoms. The van der Waals surface area contributed by atoms with E-state index >= 15 is 0 Å². The van der Waals surface area contributed by atoms with Crippen LogP contribution >= 0.6 is 11.8 Å². The number of likely N-dealkylation sites (tertiary alicyclic amines) is 1. The molecule has 5 heteroatoms. The van der Waals surface area contributed by atoms with Gasteiger partial charge in [0.1, 0.15) is 0 Å². The number of hydrogen-bond donors (Lipinski definition) is 1. The summed E-state index contributed by atoms with van der Waals surface area (Å²) in [5.74, 6) is 0.821. The van der Waals surface area contributed by atoms with Crippen LogP contribution in [0.3, 0.4) is 0 Å². The quantitative estimate of drug-likeness (QED) is 0.671.